The van der Waals surface area contributed by atoms with Crippen LogP contribution in [0, 0.1) is 17.0 Å². The molecule has 3 amide bonds. The summed E-state index contributed by atoms with van der Waals surface area (Å²) < 4.78 is 33.8. The number of methoxy groups -OCH3 is 1. The number of nitrogens with one attached hydrogen (secondary N) is 2. The smallest absolute Gasteiger partial charge is 0.244 e. The van der Waals surface area contributed by atoms with E-state index in [2.05, 4.69) is 15.6 Å². The van der Waals surface area contributed by atoms with Gasteiger partial charge in [0.15, 0.2) is 0 Å². The van der Waals surface area contributed by atoms with Crippen molar-refractivity contribution in [1.29, 1.82) is 0 Å². The molecule has 1 fully saturated rings. The molecule has 0 radical (unpaired) electrons. The minimum atomic E-state index is -0.952. The molecule has 1 aliphatic carbocycles. The molecule has 10 heteroatoms. The fourth-order valence-electron chi connectivity index (χ4n) is 6.63. The minimum Gasteiger partial charge on any atom is -0.380 e. The molecular formula is C31H30F2N4O4. The average Bonchev–Trinajstić information content (AvgIpc) is 3.43. The maximum atomic E-state index is 14.1. The van der Waals surface area contributed by atoms with Gasteiger partial charge in [-0.05, 0) is 80.1 Å². The van der Waals surface area contributed by atoms with Crippen LogP contribution in [0.3, 0.4) is 0 Å². The molecule has 1 saturated heterocycles. The van der Waals surface area contributed by atoms with E-state index < -0.39 is 40.5 Å². The van der Waals surface area contributed by atoms with Crippen LogP contribution in [0.2, 0.25) is 0 Å². The van der Waals surface area contributed by atoms with Crippen LogP contribution < -0.4 is 10.6 Å². The van der Waals surface area contributed by atoms with E-state index in [1.54, 1.807) is 26.1 Å². The van der Waals surface area contributed by atoms with E-state index in [1.165, 1.54) is 24.1 Å². The molecule has 212 valence electrons. The van der Waals surface area contributed by atoms with Crippen molar-refractivity contribution in [2.24, 2.45) is 5.41 Å². The van der Waals surface area contributed by atoms with Crippen LogP contribution in [0.1, 0.15) is 48.6 Å². The predicted molar refractivity (Wildman–Crippen MR) is 147 cm³/mol. The molecule has 1 aromatic heterocycles. The number of hydrogen-bond acceptors (Lipinski definition) is 5. The lowest BCUT2D eigenvalue weighted by atomic mass is 9.76. The number of anilines is 2. The molecule has 0 unspecified atom stereocenters. The zero-order valence-electron chi connectivity index (χ0n) is 23.0. The van der Waals surface area contributed by atoms with Gasteiger partial charge >= 0.3 is 0 Å². The second-order valence-corrected chi connectivity index (χ2v) is 11.7. The van der Waals surface area contributed by atoms with Crippen LogP contribution in [0.15, 0.2) is 54.7 Å². The van der Waals surface area contributed by atoms with Crippen molar-refractivity contribution >= 4 is 29.2 Å². The third-order valence-electron chi connectivity index (χ3n) is 8.76. The standard InChI is InChI=1S/C31H30F2N4O4/c1-30(2)25(41-3)13-24(18-9-20(32)12-21(33)10-18)37(29(30)40)16-26(38)35-22-7-6-17-14-31(15-19(17)11-22)23-5-4-8-34-27(23)36-28(31)39/h4-12,24-25H,13-16H2,1-3H3,(H,35,38)(H,34,36,39)/t24-,25-,31-/m1/s1. The number of nitrogens with zero attached hydrogens (tertiary/aromatic N) is 2. The summed E-state index contributed by atoms with van der Waals surface area (Å²) in [6.45, 7) is 3.16. The van der Waals surface area contributed by atoms with Crippen molar-refractivity contribution < 1.29 is 27.9 Å². The van der Waals surface area contributed by atoms with Crippen molar-refractivity contribution in [2.75, 3.05) is 24.3 Å². The minimum absolute atomic E-state index is 0.0894. The van der Waals surface area contributed by atoms with E-state index in [1.807, 2.05) is 24.3 Å². The first kappa shape index (κ1) is 27.0. The number of halogens is 2. The second-order valence-electron chi connectivity index (χ2n) is 11.7. The lowest BCUT2D eigenvalue weighted by Crippen LogP contribution is -2.56. The fraction of sp³-hybridized carbons (Fsp3) is 0.355. The summed E-state index contributed by atoms with van der Waals surface area (Å²) in [6.07, 6.45) is 2.41. The average molecular weight is 561 g/mol. The monoisotopic (exact) mass is 560 g/mol. The van der Waals surface area contributed by atoms with Crippen LogP contribution in [0.25, 0.3) is 0 Å². The Balaban J connectivity index is 1.23. The van der Waals surface area contributed by atoms with Crippen LogP contribution >= 0.6 is 0 Å². The lowest BCUT2D eigenvalue weighted by molar-refractivity contribution is -0.163. The number of pyridine rings is 1. The van der Waals surface area contributed by atoms with Crippen LogP contribution in [0.5, 0.6) is 0 Å². The molecule has 3 atom stereocenters. The molecule has 3 aromatic rings. The zero-order valence-corrected chi connectivity index (χ0v) is 23.0. The van der Waals surface area contributed by atoms with E-state index in [9.17, 15) is 23.2 Å². The van der Waals surface area contributed by atoms with Crippen LogP contribution in [-0.4, -0.2) is 47.4 Å². The first-order valence-corrected chi connectivity index (χ1v) is 13.5. The van der Waals surface area contributed by atoms with Crippen molar-refractivity contribution in [1.82, 2.24) is 9.88 Å². The Morgan fingerprint density at radius 1 is 1.10 bits per heavy atom. The molecule has 0 bridgehead atoms. The Morgan fingerprint density at radius 3 is 2.56 bits per heavy atom. The van der Waals surface area contributed by atoms with E-state index >= 15 is 0 Å². The largest absolute Gasteiger partial charge is 0.380 e. The Hall–Kier alpha value is -4.18. The Bertz CT molecular complexity index is 1570. The first-order chi connectivity index (χ1) is 19.5. The third kappa shape index (κ3) is 4.46. The molecule has 3 aliphatic rings. The summed E-state index contributed by atoms with van der Waals surface area (Å²) >= 11 is 0. The first-order valence-electron chi connectivity index (χ1n) is 13.5. The van der Waals surface area contributed by atoms with E-state index in [-0.39, 0.29) is 30.3 Å². The highest BCUT2D eigenvalue weighted by atomic mass is 19.1. The van der Waals surface area contributed by atoms with Gasteiger partial charge in [-0.25, -0.2) is 13.8 Å². The van der Waals surface area contributed by atoms with Gasteiger partial charge in [-0.2, -0.15) is 0 Å². The quantitative estimate of drug-likeness (QED) is 0.485. The molecule has 6 rings (SSSR count). The third-order valence-corrected chi connectivity index (χ3v) is 8.76. The maximum absolute atomic E-state index is 14.1. The zero-order chi connectivity index (χ0) is 29.1. The SMILES string of the molecule is CO[C@@H]1C[C@H](c2cc(F)cc(F)c2)N(CC(=O)Nc2ccc3c(c2)C[C@@]2(C3)C(=O)Nc3ncccc32)C(=O)C1(C)C. The number of amides is 3. The van der Waals surface area contributed by atoms with E-state index in [0.717, 1.165) is 22.8 Å². The predicted octanol–water partition coefficient (Wildman–Crippen LogP) is 4.30. The van der Waals surface area contributed by atoms with Gasteiger partial charge in [0.05, 0.1) is 23.0 Å². The number of aromatic nitrogens is 1. The van der Waals surface area contributed by atoms with Gasteiger partial charge < -0.3 is 20.3 Å². The van der Waals surface area contributed by atoms with Gasteiger partial charge in [-0.15, -0.1) is 0 Å². The highest BCUT2D eigenvalue weighted by molar-refractivity contribution is 6.06. The van der Waals surface area contributed by atoms with Gasteiger partial charge in [0.25, 0.3) is 0 Å². The number of fused-ring (bicyclic) bond motifs is 3. The van der Waals surface area contributed by atoms with Crippen molar-refractivity contribution in [3.8, 4) is 0 Å². The summed E-state index contributed by atoms with van der Waals surface area (Å²) in [7, 11) is 1.49. The summed E-state index contributed by atoms with van der Waals surface area (Å²) in [4.78, 5) is 45.6. The van der Waals surface area contributed by atoms with Gasteiger partial charge in [0.2, 0.25) is 17.7 Å². The van der Waals surface area contributed by atoms with Crippen molar-refractivity contribution in [3.63, 3.8) is 0 Å². The number of benzene rings is 2. The molecule has 8 nitrogen and oxygen atoms in total. The number of carbonyl (C=O) groups is 3. The van der Waals surface area contributed by atoms with Gasteiger partial charge in [0, 0.05) is 30.6 Å². The number of rotatable bonds is 5. The molecule has 41 heavy (non-hydrogen) atoms. The molecule has 2 N–H and O–H groups in total. The maximum Gasteiger partial charge on any atom is 0.244 e. The molecular weight excluding hydrogens is 530 g/mol. The Morgan fingerprint density at radius 2 is 1.83 bits per heavy atom. The lowest BCUT2D eigenvalue weighted by Gasteiger charge is -2.47. The second kappa shape index (κ2) is 9.73. The molecule has 0 saturated carbocycles. The van der Waals surface area contributed by atoms with E-state index in [4.69, 9.17) is 4.74 Å². The molecule has 2 aromatic carbocycles. The van der Waals surface area contributed by atoms with E-state index in [0.29, 0.717) is 24.3 Å². The number of carbonyl (C=O) groups excluding carboxylic acids is 3. The molecule has 1 spiro atoms. The molecule has 3 heterocycles. The fourth-order valence-corrected chi connectivity index (χ4v) is 6.63. The van der Waals surface area contributed by atoms with Gasteiger partial charge in [0.1, 0.15) is 24.0 Å². The number of likely N-dealkylation sites (tertiary alicyclic amines) is 1. The number of hydrogen-bond donors (Lipinski definition) is 2. The summed E-state index contributed by atoms with van der Waals surface area (Å²) in [5.74, 6) is -1.84. The number of piperidine rings is 1. The van der Waals surface area contributed by atoms with Gasteiger partial charge in [-0.3, -0.25) is 14.4 Å². The normalized spacial score (nSPS) is 24.3. The van der Waals surface area contributed by atoms with Gasteiger partial charge in [-0.1, -0.05) is 12.1 Å². The van der Waals surface area contributed by atoms with Crippen LogP contribution in [0.4, 0.5) is 20.3 Å². The van der Waals surface area contributed by atoms with Crippen LogP contribution in [-0.2, 0) is 37.4 Å². The summed E-state index contributed by atoms with van der Waals surface area (Å²) in [5, 5.41) is 5.76. The Labute approximate surface area is 236 Å². The Kier molecular flexibility index (Phi) is 6.41. The highest BCUT2D eigenvalue weighted by Gasteiger charge is 2.51. The number of ether oxygens (including phenoxy) is 1. The van der Waals surface area contributed by atoms with Crippen molar-refractivity contribution in [3.05, 3.63) is 88.6 Å². The highest BCUT2D eigenvalue weighted by Crippen LogP contribution is 2.47. The topological polar surface area (TPSA) is 101 Å². The summed E-state index contributed by atoms with van der Waals surface area (Å²) in [5.41, 5.74) is 1.93. The molecule has 2 aliphatic heterocycles. The van der Waals surface area contributed by atoms with Crippen molar-refractivity contribution in [2.45, 2.75) is 50.7 Å². The summed E-state index contributed by atoms with van der Waals surface area (Å²) in [6, 6.07) is 11.6.